The Labute approximate surface area is 261 Å². The quantitative estimate of drug-likeness (QED) is 0.0671. The number of carboxylic acid groups (broad SMARTS) is 1. The van der Waals surface area contributed by atoms with E-state index in [0.29, 0.717) is 0 Å². The minimum Gasteiger partial charge on any atom is -0.481 e. The molecule has 1 saturated heterocycles. The van der Waals surface area contributed by atoms with E-state index in [9.17, 15) is 14.7 Å². The lowest BCUT2D eigenvalue weighted by Gasteiger charge is -2.27. The van der Waals surface area contributed by atoms with Crippen molar-refractivity contribution in [2.75, 3.05) is 6.54 Å². The first-order valence-corrected chi connectivity index (χ1v) is 18.4. The first kappa shape index (κ1) is 38.4. The van der Waals surface area contributed by atoms with Crippen LogP contribution in [0.5, 0.6) is 0 Å². The molecule has 1 fully saturated rings. The van der Waals surface area contributed by atoms with Crippen LogP contribution in [0.4, 0.5) is 0 Å². The van der Waals surface area contributed by atoms with Gasteiger partial charge in [-0.25, -0.2) is 0 Å². The number of likely N-dealkylation sites (tertiary alicyclic amines) is 1. The van der Waals surface area contributed by atoms with Gasteiger partial charge in [0, 0.05) is 19.0 Å². The number of allylic oxidation sites excluding steroid dienone is 4. The number of hydrogen-bond acceptors (Lipinski definition) is 2. The maximum absolute atomic E-state index is 12.7. The second-order valence-electron chi connectivity index (χ2n) is 12.9. The Bertz CT molecular complexity index is 700. The third-order valence-electron chi connectivity index (χ3n) is 9.10. The summed E-state index contributed by atoms with van der Waals surface area (Å²) in [7, 11) is 0. The van der Waals surface area contributed by atoms with Gasteiger partial charge in [-0.1, -0.05) is 160 Å². The third-order valence-corrected chi connectivity index (χ3v) is 9.10. The van der Waals surface area contributed by atoms with Gasteiger partial charge < -0.3 is 10.0 Å². The van der Waals surface area contributed by atoms with E-state index in [-0.39, 0.29) is 18.4 Å². The Morgan fingerprint density at radius 1 is 0.643 bits per heavy atom. The van der Waals surface area contributed by atoms with Crippen molar-refractivity contribution in [2.45, 2.75) is 193 Å². The van der Waals surface area contributed by atoms with Crippen molar-refractivity contribution in [1.82, 2.24) is 4.90 Å². The monoisotopic (exact) mass is 588 g/mol. The standard InChI is InChI=1S/C38H69NO3/c1-3-5-7-9-11-13-15-17-19-20-22-24-26-28-30-32-36-35(38(41)42)34-37(40)39(36)33-31-29-27-25-23-21-18-16-14-12-10-8-6-4-2/h11,13,17,19,35-36H,3-10,12,14-16,18,20-34H2,1-2H3,(H,41,42)/b13-11-,19-17-. The Kier molecular flexibility index (Phi) is 25.8. The second-order valence-corrected chi connectivity index (χ2v) is 12.9. The molecule has 4 nitrogen and oxygen atoms in total. The number of carboxylic acids is 1. The molecule has 0 aromatic carbocycles. The first-order chi connectivity index (χ1) is 20.6. The third kappa shape index (κ3) is 20.3. The lowest BCUT2D eigenvalue weighted by atomic mass is 9.94. The summed E-state index contributed by atoms with van der Waals surface area (Å²) in [6.07, 6.45) is 41.9. The molecule has 1 rings (SSSR count). The normalized spacial score (nSPS) is 17.4. The molecule has 1 aliphatic heterocycles. The van der Waals surface area contributed by atoms with E-state index in [0.717, 1.165) is 51.5 Å². The van der Waals surface area contributed by atoms with Crippen LogP contribution in [-0.2, 0) is 9.59 Å². The summed E-state index contributed by atoms with van der Waals surface area (Å²) in [5, 5.41) is 9.75. The number of unbranched alkanes of at least 4 members (excludes halogenated alkanes) is 21. The Morgan fingerprint density at radius 3 is 1.60 bits per heavy atom. The lowest BCUT2D eigenvalue weighted by Crippen LogP contribution is -2.38. The van der Waals surface area contributed by atoms with Crippen LogP contribution in [0.25, 0.3) is 0 Å². The highest BCUT2D eigenvalue weighted by Crippen LogP contribution is 2.30. The predicted octanol–water partition coefficient (Wildman–Crippen LogP) is 11.6. The molecule has 0 aliphatic carbocycles. The van der Waals surface area contributed by atoms with Crippen LogP contribution in [0, 0.1) is 5.92 Å². The zero-order valence-corrected chi connectivity index (χ0v) is 28.0. The van der Waals surface area contributed by atoms with Gasteiger partial charge in [0.05, 0.1) is 5.92 Å². The van der Waals surface area contributed by atoms with Gasteiger partial charge in [-0.05, 0) is 44.9 Å². The highest BCUT2D eigenvalue weighted by molar-refractivity contribution is 5.87. The smallest absolute Gasteiger partial charge is 0.309 e. The van der Waals surface area contributed by atoms with Gasteiger partial charge in [-0.15, -0.1) is 0 Å². The van der Waals surface area contributed by atoms with Crippen molar-refractivity contribution < 1.29 is 14.7 Å². The van der Waals surface area contributed by atoms with Crippen molar-refractivity contribution in [2.24, 2.45) is 5.92 Å². The summed E-state index contributed by atoms with van der Waals surface area (Å²) in [6.45, 7) is 5.26. The largest absolute Gasteiger partial charge is 0.481 e. The minimum atomic E-state index is -0.792. The number of rotatable bonds is 30. The number of carbonyl (C=O) groups excluding carboxylic acids is 1. The molecular formula is C38H69NO3. The van der Waals surface area contributed by atoms with Gasteiger partial charge in [0.1, 0.15) is 0 Å². The average molecular weight is 588 g/mol. The number of hydrogen-bond donors (Lipinski definition) is 1. The molecule has 0 bridgehead atoms. The van der Waals surface area contributed by atoms with Crippen LogP contribution in [0.2, 0.25) is 0 Å². The molecule has 42 heavy (non-hydrogen) atoms. The maximum atomic E-state index is 12.7. The zero-order valence-electron chi connectivity index (χ0n) is 28.0. The molecule has 0 saturated carbocycles. The lowest BCUT2D eigenvalue weighted by molar-refractivity contribution is -0.142. The van der Waals surface area contributed by atoms with Crippen LogP contribution < -0.4 is 0 Å². The van der Waals surface area contributed by atoms with Crippen LogP contribution in [0.15, 0.2) is 24.3 Å². The van der Waals surface area contributed by atoms with E-state index in [2.05, 4.69) is 38.2 Å². The van der Waals surface area contributed by atoms with Crippen molar-refractivity contribution >= 4 is 11.9 Å². The van der Waals surface area contributed by atoms with E-state index < -0.39 is 11.9 Å². The summed E-state index contributed by atoms with van der Waals surface area (Å²) >= 11 is 0. The molecule has 0 spiro atoms. The van der Waals surface area contributed by atoms with Gasteiger partial charge in [-0.2, -0.15) is 0 Å². The maximum Gasteiger partial charge on any atom is 0.309 e. The Hall–Kier alpha value is -1.58. The fourth-order valence-corrected chi connectivity index (χ4v) is 6.38. The van der Waals surface area contributed by atoms with Crippen LogP contribution in [0.1, 0.15) is 187 Å². The van der Waals surface area contributed by atoms with E-state index >= 15 is 0 Å². The number of carbonyl (C=O) groups is 2. The zero-order chi connectivity index (χ0) is 30.5. The van der Waals surface area contributed by atoms with Gasteiger partial charge in [0.15, 0.2) is 0 Å². The van der Waals surface area contributed by atoms with Crippen molar-refractivity contribution in [3.63, 3.8) is 0 Å². The molecule has 1 amide bonds. The fourth-order valence-electron chi connectivity index (χ4n) is 6.38. The molecule has 2 unspecified atom stereocenters. The number of nitrogens with zero attached hydrogens (tertiary/aromatic N) is 1. The molecule has 1 heterocycles. The molecule has 1 N–H and O–H groups in total. The van der Waals surface area contributed by atoms with Crippen LogP contribution in [0.3, 0.4) is 0 Å². The summed E-state index contributed by atoms with van der Waals surface area (Å²) in [5.41, 5.74) is 0. The number of aliphatic carboxylic acids is 1. The molecule has 0 radical (unpaired) electrons. The van der Waals surface area contributed by atoms with E-state index in [1.165, 1.54) is 122 Å². The molecule has 1 aliphatic rings. The summed E-state index contributed by atoms with van der Waals surface area (Å²) < 4.78 is 0. The first-order valence-electron chi connectivity index (χ1n) is 18.4. The molecule has 0 aromatic heterocycles. The molecule has 0 aromatic rings. The van der Waals surface area contributed by atoms with Gasteiger partial charge in [0.25, 0.3) is 0 Å². The summed E-state index contributed by atoms with van der Waals surface area (Å²) in [5.74, 6) is -1.25. The highest BCUT2D eigenvalue weighted by atomic mass is 16.4. The van der Waals surface area contributed by atoms with Crippen molar-refractivity contribution in [1.29, 1.82) is 0 Å². The van der Waals surface area contributed by atoms with E-state index in [4.69, 9.17) is 0 Å². The minimum absolute atomic E-state index is 0.0599. The SMILES string of the molecule is CCCCC/C=C\C/C=C\CCCCCCCC1C(C(=O)O)CC(=O)N1CCCCCCCCCCCCCCCC. The average Bonchev–Trinajstić information content (AvgIpc) is 3.30. The molecular weight excluding hydrogens is 518 g/mol. The molecule has 4 heteroatoms. The van der Waals surface area contributed by atoms with E-state index in [1.807, 2.05) is 4.90 Å². The van der Waals surface area contributed by atoms with Crippen molar-refractivity contribution in [3.05, 3.63) is 24.3 Å². The topological polar surface area (TPSA) is 57.6 Å². The number of amides is 1. The van der Waals surface area contributed by atoms with Crippen LogP contribution >= 0.6 is 0 Å². The Balaban J connectivity index is 2.11. The van der Waals surface area contributed by atoms with Gasteiger partial charge in [0.2, 0.25) is 5.91 Å². The van der Waals surface area contributed by atoms with Gasteiger partial charge in [-0.3, -0.25) is 9.59 Å². The van der Waals surface area contributed by atoms with Crippen LogP contribution in [-0.4, -0.2) is 34.5 Å². The Morgan fingerprint density at radius 2 is 1.07 bits per heavy atom. The summed E-state index contributed by atoms with van der Waals surface area (Å²) in [4.78, 5) is 26.5. The fraction of sp³-hybridized carbons (Fsp3) is 0.842. The summed E-state index contributed by atoms with van der Waals surface area (Å²) in [6, 6.07) is -0.102. The second kappa shape index (κ2) is 28.2. The molecule has 244 valence electrons. The van der Waals surface area contributed by atoms with E-state index in [1.54, 1.807) is 0 Å². The highest BCUT2D eigenvalue weighted by Gasteiger charge is 2.42. The van der Waals surface area contributed by atoms with Crippen molar-refractivity contribution in [3.8, 4) is 0 Å². The predicted molar refractivity (Wildman–Crippen MR) is 181 cm³/mol. The van der Waals surface area contributed by atoms with Gasteiger partial charge >= 0.3 is 5.97 Å². The molecule has 2 atom stereocenters.